The van der Waals surface area contributed by atoms with Gasteiger partial charge in [0.15, 0.2) is 0 Å². The van der Waals surface area contributed by atoms with Gasteiger partial charge in [-0.15, -0.1) is 0 Å². The van der Waals surface area contributed by atoms with E-state index in [1.54, 1.807) is 6.33 Å². The topological polar surface area (TPSA) is 63.8 Å². The van der Waals surface area contributed by atoms with Gasteiger partial charge in [0.25, 0.3) is 0 Å². The zero-order chi connectivity index (χ0) is 13.1. The third kappa shape index (κ3) is 2.37. The van der Waals surface area contributed by atoms with Crippen molar-refractivity contribution in [2.75, 3.05) is 0 Å². The van der Waals surface area contributed by atoms with Gasteiger partial charge >= 0.3 is 0 Å². The average Bonchev–Trinajstić information content (AvgIpc) is 2.49. The van der Waals surface area contributed by atoms with E-state index in [1.807, 2.05) is 12.4 Å². The maximum Gasteiger partial charge on any atom is 0.115 e. The van der Waals surface area contributed by atoms with Crippen LogP contribution in [0.25, 0.3) is 0 Å². The molecule has 19 heavy (non-hydrogen) atoms. The van der Waals surface area contributed by atoms with Crippen molar-refractivity contribution in [3.63, 3.8) is 0 Å². The smallest absolute Gasteiger partial charge is 0.115 e. The van der Waals surface area contributed by atoms with E-state index in [4.69, 9.17) is 5.84 Å². The highest BCUT2D eigenvalue weighted by Crippen LogP contribution is 2.39. The molecule has 3 rings (SSSR count). The summed E-state index contributed by atoms with van der Waals surface area (Å²) in [4.78, 5) is 8.20. The minimum atomic E-state index is 0.0719. The van der Waals surface area contributed by atoms with Crippen molar-refractivity contribution in [2.45, 2.75) is 31.2 Å². The summed E-state index contributed by atoms with van der Waals surface area (Å²) in [5.41, 5.74) is 6.84. The number of hydrogen-bond acceptors (Lipinski definition) is 4. The molecule has 3 N–H and O–H groups in total. The van der Waals surface area contributed by atoms with Crippen LogP contribution in [-0.4, -0.2) is 9.97 Å². The second-order valence-electron chi connectivity index (χ2n) is 5.01. The molecular formula is C15H18N4. The van der Waals surface area contributed by atoms with Crippen LogP contribution in [0.3, 0.4) is 0 Å². The van der Waals surface area contributed by atoms with Gasteiger partial charge < -0.3 is 0 Å². The number of nitrogens with two attached hydrogens (primary N) is 1. The molecule has 4 heteroatoms. The zero-order valence-corrected chi connectivity index (χ0v) is 10.8. The summed E-state index contributed by atoms with van der Waals surface area (Å²) in [6.45, 7) is 0. The fraction of sp³-hybridized carbons (Fsp3) is 0.333. The van der Waals surface area contributed by atoms with E-state index in [0.29, 0.717) is 5.92 Å². The normalized spacial score (nSPS) is 19.7. The van der Waals surface area contributed by atoms with Crippen molar-refractivity contribution in [1.82, 2.24) is 15.4 Å². The predicted octanol–water partition coefficient (Wildman–Crippen LogP) is 2.10. The highest BCUT2D eigenvalue weighted by atomic mass is 15.2. The number of nitrogens with zero attached hydrogens (tertiary/aromatic N) is 2. The van der Waals surface area contributed by atoms with Crippen LogP contribution in [0.15, 0.2) is 43.0 Å². The van der Waals surface area contributed by atoms with Gasteiger partial charge in [-0.25, -0.2) is 9.97 Å². The Hall–Kier alpha value is -1.78. The van der Waals surface area contributed by atoms with Crippen molar-refractivity contribution >= 4 is 0 Å². The average molecular weight is 254 g/mol. The SMILES string of the molecule is NNC(c1cncnc1)C1CCCc2ccccc21. The van der Waals surface area contributed by atoms with E-state index in [2.05, 4.69) is 39.7 Å². The molecule has 0 saturated heterocycles. The predicted molar refractivity (Wildman–Crippen MR) is 74.2 cm³/mol. The summed E-state index contributed by atoms with van der Waals surface area (Å²) in [5, 5.41) is 0. The van der Waals surface area contributed by atoms with Crippen LogP contribution >= 0.6 is 0 Å². The quantitative estimate of drug-likeness (QED) is 0.650. The monoisotopic (exact) mass is 254 g/mol. The van der Waals surface area contributed by atoms with Crippen LogP contribution < -0.4 is 11.3 Å². The molecule has 0 bridgehead atoms. The lowest BCUT2D eigenvalue weighted by Gasteiger charge is -2.32. The Bertz CT molecular complexity index is 541. The van der Waals surface area contributed by atoms with Crippen LogP contribution in [0.1, 0.15) is 41.5 Å². The number of fused-ring (bicyclic) bond motifs is 1. The zero-order valence-electron chi connectivity index (χ0n) is 10.8. The molecule has 0 saturated carbocycles. The van der Waals surface area contributed by atoms with Crippen molar-refractivity contribution in [3.05, 3.63) is 59.7 Å². The number of hydrazine groups is 1. The molecule has 0 fully saturated rings. The first kappa shape index (κ1) is 12.3. The lowest BCUT2D eigenvalue weighted by molar-refractivity contribution is 0.406. The van der Waals surface area contributed by atoms with Crippen molar-refractivity contribution in [2.24, 2.45) is 5.84 Å². The van der Waals surface area contributed by atoms with E-state index in [1.165, 1.54) is 17.5 Å². The summed E-state index contributed by atoms with van der Waals surface area (Å²) in [6.07, 6.45) is 8.74. The fourth-order valence-corrected chi connectivity index (χ4v) is 3.05. The molecule has 2 unspecified atom stereocenters. The van der Waals surface area contributed by atoms with Crippen LogP contribution in [-0.2, 0) is 6.42 Å². The molecule has 0 amide bonds. The maximum atomic E-state index is 5.79. The number of nitrogens with one attached hydrogen (secondary N) is 1. The summed E-state index contributed by atoms with van der Waals surface area (Å²) >= 11 is 0. The molecule has 1 aromatic carbocycles. The molecule has 1 aromatic heterocycles. The Kier molecular flexibility index (Phi) is 3.53. The first-order valence-electron chi connectivity index (χ1n) is 6.69. The Morgan fingerprint density at radius 3 is 2.79 bits per heavy atom. The second kappa shape index (κ2) is 5.47. The molecular weight excluding hydrogens is 236 g/mol. The fourth-order valence-electron chi connectivity index (χ4n) is 3.05. The summed E-state index contributed by atoms with van der Waals surface area (Å²) in [5.74, 6) is 6.18. The third-order valence-electron chi connectivity index (χ3n) is 3.94. The van der Waals surface area contributed by atoms with Gasteiger partial charge in [0.2, 0.25) is 0 Å². The number of aromatic nitrogens is 2. The highest BCUT2D eigenvalue weighted by molar-refractivity contribution is 5.35. The molecule has 2 aromatic rings. The van der Waals surface area contributed by atoms with E-state index >= 15 is 0 Å². The Labute approximate surface area is 113 Å². The molecule has 4 nitrogen and oxygen atoms in total. The van der Waals surface area contributed by atoms with E-state index < -0.39 is 0 Å². The summed E-state index contributed by atoms with van der Waals surface area (Å²) < 4.78 is 0. The van der Waals surface area contributed by atoms with Gasteiger partial charge in [-0.3, -0.25) is 11.3 Å². The van der Waals surface area contributed by atoms with Crippen molar-refractivity contribution in [3.8, 4) is 0 Å². The summed E-state index contributed by atoms with van der Waals surface area (Å²) in [6, 6.07) is 8.72. The van der Waals surface area contributed by atoms with Gasteiger partial charge in [0, 0.05) is 23.9 Å². The van der Waals surface area contributed by atoms with Crippen molar-refractivity contribution < 1.29 is 0 Å². The Balaban J connectivity index is 1.97. The van der Waals surface area contributed by atoms with Gasteiger partial charge in [0.05, 0.1) is 6.04 Å². The first-order chi connectivity index (χ1) is 9.40. The lowest BCUT2D eigenvalue weighted by atomic mass is 9.77. The first-order valence-corrected chi connectivity index (χ1v) is 6.69. The lowest BCUT2D eigenvalue weighted by Crippen LogP contribution is -2.34. The molecule has 1 aliphatic carbocycles. The minimum Gasteiger partial charge on any atom is -0.271 e. The number of benzene rings is 1. The van der Waals surface area contributed by atoms with Crippen molar-refractivity contribution in [1.29, 1.82) is 0 Å². The molecule has 1 aliphatic rings. The van der Waals surface area contributed by atoms with Crippen LogP contribution in [0.5, 0.6) is 0 Å². The van der Waals surface area contributed by atoms with Gasteiger partial charge in [-0.05, 0) is 30.4 Å². The van der Waals surface area contributed by atoms with Gasteiger partial charge in [0.1, 0.15) is 6.33 Å². The maximum absolute atomic E-state index is 5.79. The molecule has 2 atom stereocenters. The third-order valence-corrected chi connectivity index (χ3v) is 3.94. The van der Waals surface area contributed by atoms with Crippen LogP contribution in [0.4, 0.5) is 0 Å². The Morgan fingerprint density at radius 2 is 2.00 bits per heavy atom. The molecule has 98 valence electrons. The largest absolute Gasteiger partial charge is 0.271 e. The molecule has 0 radical (unpaired) electrons. The van der Waals surface area contributed by atoms with Gasteiger partial charge in [-0.1, -0.05) is 24.3 Å². The van der Waals surface area contributed by atoms with E-state index in [9.17, 15) is 0 Å². The highest BCUT2D eigenvalue weighted by Gasteiger charge is 2.28. The van der Waals surface area contributed by atoms with E-state index in [-0.39, 0.29) is 6.04 Å². The van der Waals surface area contributed by atoms with Gasteiger partial charge in [-0.2, -0.15) is 0 Å². The van der Waals surface area contributed by atoms with Crippen LogP contribution in [0, 0.1) is 0 Å². The summed E-state index contributed by atoms with van der Waals surface area (Å²) in [7, 11) is 0. The number of hydrogen-bond donors (Lipinski definition) is 2. The molecule has 0 aliphatic heterocycles. The molecule has 1 heterocycles. The number of rotatable bonds is 3. The second-order valence-corrected chi connectivity index (χ2v) is 5.01. The standard InChI is InChI=1S/C15H18N4/c16-19-15(12-8-17-10-18-9-12)14-7-3-5-11-4-1-2-6-13(11)14/h1-2,4,6,8-10,14-15,19H,3,5,7,16H2. The minimum absolute atomic E-state index is 0.0719. The Morgan fingerprint density at radius 1 is 1.21 bits per heavy atom. The van der Waals surface area contributed by atoms with Crippen LogP contribution in [0.2, 0.25) is 0 Å². The molecule has 0 spiro atoms. The van der Waals surface area contributed by atoms with E-state index in [0.717, 1.165) is 18.4 Å². The number of aryl methyl sites for hydroxylation is 1.